The number of guanidine groups is 1. The highest BCUT2D eigenvalue weighted by molar-refractivity contribution is 5.80. The highest BCUT2D eigenvalue weighted by Crippen LogP contribution is 2.17. The monoisotopic (exact) mass is 288 g/mol. The molecule has 0 aliphatic heterocycles. The highest BCUT2D eigenvalue weighted by atomic mass is 19.1. The topological polar surface area (TPSA) is 60.2 Å². The molecular formula is C16H21FN4. The van der Waals surface area contributed by atoms with Gasteiger partial charge in [-0.2, -0.15) is 5.26 Å². The highest BCUT2D eigenvalue weighted by Gasteiger charge is 2.15. The maximum atomic E-state index is 13.7. The molecule has 5 heteroatoms. The van der Waals surface area contributed by atoms with Gasteiger partial charge in [0, 0.05) is 18.2 Å². The van der Waals surface area contributed by atoms with Gasteiger partial charge in [0.25, 0.3) is 0 Å². The third-order valence-corrected chi connectivity index (χ3v) is 3.62. The van der Waals surface area contributed by atoms with Crippen molar-refractivity contribution >= 4 is 5.96 Å². The van der Waals surface area contributed by atoms with Crippen LogP contribution in [0.15, 0.2) is 23.2 Å². The molecule has 2 rings (SSSR count). The summed E-state index contributed by atoms with van der Waals surface area (Å²) in [7, 11) is 0. The summed E-state index contributed by atoms with van der Waals surface area (Å²) in [5.74, 6) is 0.389. The van der Waals surface area contributed by atoms with E-state index < -0.39 is 0 Å². The number of benzene rings is 1. The Bertz CT molecular complexity index is 542. The third-order valence-electron chi connectivity index (χ3n) is 3.62. The molecule has 1 aromatic carbocycles. The number of nitrogens with one attached hydrogen (secondary N) is 2. The minimum atomic E-state index is -0.325. The predicted octanol–water partition coefficient (Wildman–Crippen LogP) is 2.70. The zero-order valence-electron chi connectivity index (χ0n) is 12.3. The van der Waals surface area contributed by atoms with E-state index in [1.165, 1.54) is 25.0 Å². The maximum absolute atomic E-state index is 13.7. The molecule has 0 unspecified atom stereocenters. The van der Waals surface area contributed by atoms with Crippen molar-refractivity contribution in [1.82, 2.24) is 10.6 Å². The van der Waals surface area contributed by atoms with E-state index in [0.717, 1.165) is 19.4 Å². The van der Waals surface area contributed by atoms with Gasteiger partial charge in [-0.3, -0.25) is 0 Å². The summed E-state index contributed by atoms with van der Waals surface area (Å²) in [6, 6.07) is 6.83. The van der Waals surface area contributed by atoms with Crippen LogP contribution in [-0.4, -0.2) is 18.5 Å². The average Bonchev–Trinajstić information content (AvgIpc) is 2.99. The molecule has 0 saturated heterocycles. The van der Waals surface area contributed by atoms with Gasteiger partial charge in [-0.25, -0.2) is 9.38 Å². The second-order valence-electron chi connectivity index (χ2n) is 5.24. The van der Waals surface area contributed by atoms with E-state index in [-0.39, 0.29) is 12.4 Å². The van der Waals surface area contributed by atoms with E-state index in [4.69, 9.17) is 5.26 Å². The van der Waals surface area contributed by atoms with Crippen molar-refractivity contribution < 1.29 is 4.39 Å². The van der Waals surface area contributed by atoms with E-state index in [1.807, 2.05) is 13.0 Å². The second-order valence-corrected chi connectivity index (χ2v) is 5.24. The second kappa shape index (κ2) is 7.63. The van der Waals surface area contributed by atoms with Crippen molar-refractivity contribution in [2.75, 3.05) is 6.54 Å². The van der Waals surface area contributed by atoms with Gasteiger partial charge < -0.3 is 10.6 Å². The Morgan fingerprint density at radius 3 is 2.86 bits per heavy atom. The van der Waals surface area contributed by atoms with Crippen LogP contribution in [0.4, 0.5) is 4.39 Å². The molecular weight excluding hydrogens is 267 g/mol. The average molecular weight is 288 g/mol. The van der Waals surface area contributed by atoms with Crippen LogP contribution in [0.1, 0.15) is 43.7 Å². The van der Waals surface area contributed by atoms with Crippen molar-refractivity contribution in [3.05, 3.63) is 35.1 Å². The minimum Gasteiger partial charge on any atom is -0.357 e. The van der Waals surface area contributed by atoms with Gasteiger partial charge in [0.1, 0.15) is 5.82 Å². The number of aliphatic imine (C=N–C) groups is 1. The van der Waals surface area contributed by atoms with Crippen LogP contribution in [-0.2, 0) is 6.54 Å². The Balaban J connectivity index is 2.06. The normalized spacial score (nSPS) is 15.8. The fourth-order valence-corrected chi connectivity index (χ4v) is 2.51. The number of hydrogen-bond donors (Lipinski definition) is 2. The number of hydrogen-bond acceptors (Lipinski definition) is 2. The number of halogens is 1. The van der Waals surface area contributed by atoms with Gasteiger partial charge in [0.15, 0.2) is 5.96 Å². The van der Waals surface area contributed by atoms with Crippen LogP contribution in [0.3, 0.4) is 0 Å². The Kier molecular flexibility index (Phi) is 5.56. The number of nitriles is 1. The largest absolute Gasteiger partial charge is 0.357 e. The first-order valence-corrected chi connectivity index (χ1v) is 7.46. The molecule has 0 atom stereocenters. The van der Waals surface area contributed by atoms with Crippen molar-refractivity contribution in [3.63, 3.8) is 0 Å². The molecule has 0 amide bonds. The van der Waals surface area contributed by atoms with E-state index in [1.54, 1.807) is 6.07 Å². The van der Waals surface area contributed by atoms with E-state index >= 15 is 0 Å². The third kappa shape index (κ3) is 4.45. The molecule has 2 N–H and O–H groups in total. The van der Waals surface area contributed by atoms with Crippen LogP contribution >= 0.6 is 0 Å². The molecule has 112 valence electrons. The molecule has 1 fully saturated rings. The molecule has 1 saturated carbocycles. The molecule has 1 aliphatic carbocycles. The molecule has 1 aromatic rings. The molecule has 0 aromatic heterocycles. The maximum Gasteiger partial charge on any atom is 0.191 e. The smallest absolute Gasteiger partial charge is 0.191 e. The molecule has 0 heterocycles. The summed E-state index contributed by atoms with van der Waals surface area (Å²) < 4.78 is 13.7. The van der Waals surface area contributed by atoms with Crippen LogP contribution in [0, 0.1) is 17.1 Å². The first-order chi connectivity index (χ1) is 10.2. The Labute approximate surface area is 125 Å². The van der Waals surface area contributed by atoms with Gasteiger partial charge in [-0.15, -0.1) is 0 Å². The van der Waals surface area contributed by atoms with Gasteiger partial charge in [-0.05, 0) is 38.0 Å². The van der Waals surface area contributed by atoms with E-state index in [0.29, 0.717) is 23.1 Å². The summed E-state index contributed by atoms with van der Waals surface area (Å²) in [6.07, 6.45) is 4.80. The molecule has 0 spiro atoms. The zero-order valence-corrected chi connectivity index (χ0v) is 12.3. The van der Waals surface area contributed by atoms with Crippen molar-refractivity contribution in [2.24, 2.45) is 4.99 Å². The van der Waals surface area contributed by atoms with Gasteiger partial charge in [0.2, 0.25) is 0 Å². The summed E-state index contributed by atoms with van der Waals surface area (Å²) in [6.45, 7) is 2.99. The quantitative estimate of drug-likeness (QED) is 0.661. The van der Waals surface area contributed by atoms with E-state index in [9.17, 15) is 4.39 Å². The summed E-state index contributed by atoms with van der Waals surface area (Å²) >= 11 is 0. The van der Waals surface area contributed by atoms with Gasteiger partial charge >= 0.3 is 0 Å². The lowest BCUT2D eigenvalue weighted by Crippen LogP contribution is -2.42. The Morgan fingerprint density at radius 1 is 1.43 bits per heavy atom. The molecule has 21 heavy (non-hydrogen) atoms. The van der Waals surface area contributed by atoms with Crippen LogP contribution in [0.25, 0.3) is 0 Å². The predicted molar refractivity (Wildman–Crippen MR) is 81.3 cm³/mol. The van der Waals surface area contributed by atoms with E-state index in [2.05, 4.69) is 15.6 Å². The number of nitrogens with zero attached hydrogens (tertiary/aromatic N) is 2. The SMILES string of the molecule is CCNC(=NCc1cc(C#N)ccc1F)NC1CCCC1. The van der Waals surface area contributed by atoms with Gasteiger partial charge in [-0.1, -0.05) is 12.8 Å². The lowest BCUT2D eigenvalue weighted by Gasteiger charge is -2.16. The standard InChI is InChI=1S/C16H21FN4/c1-2-19-16(21-14-5-3-4-6-14)20-11-13-9-12(10-18)7-8-15(13)17/h7-9,14H,2-6,11H2,1H3,(H2,19,20,21). The number of rotatable bonds is 4. The summed E-state index contributed by atoms with van der Waals surface area (Å²) in [5, 5.41) is 15.4. The first kappa shape index (κ1) is 15.3. The zero-order chi connectivity index (χ0) is 15.1. The lowest BCUT2D eigenvalue weighted by atomic mass is 10.1. The summed E-state index contributed by atoms with van der Waals surface area (Å²) in [5.41, 5.74) is 0.896. The molecule has 0 bridgehead atoms. The van der Waals surface area contributed by atoms with Crippen molar-refractivity contribution in [3.8, 4) is 6.07 Å². The van der Waals surface area contributed by atoms with Crippen molar-refractivity contribution in [2.45, 2.75) is 45.2 Å². The fraction of sp³-hybridized carbons (Fsp3) is 0.500. The minimum absolute atomic E-state index is 0.226. The van der Waals surface area contributed by atoms with Crippen LogP contribution in [0.5, 0.6) is 0 Å². The lowest BCUT2D eigenvalue weighted by molar-refractivity contribution is 0.603. The Hall–Kier alpha value is -2.09. The van der Waals surface area contributed by atoms with Crippen LogP contribution in [0.2, 0.25) is 0 Å². The Morgan fingerprint density at radius 2 is 2.19 bits per heavy atom. The van der Waals surface area contributed by atoms with Crippen molar-refractivity contribution in [1.29, 1.82) is 5.26 Å². The molecule has 4 nitrogen and oxygen atoms in total. The fourth-order valence-electron chi connectivity index (χ4n) is 2.51. The molecule has 1 aliphatic rings. The van der Waals surface area contributed by atoms with Gasteiger partial charge in [0.05, 0.1) is 18.2 Å². The molecule has 0 radical (unpaired) electrons. The summed E-state index contributed by atoms with van der Waals surface area (Å²) in [4.78, 5) is 4.43. The first-order valence-electron chi connectivity index (χ1n) is 7.46. The van der Waals surface area contributed by atoms with Crippen LogP contribution < -0.4 is 10.6 Å².